The van der Waals surface area contributed by atoms with Gasteiger partial charge in [-0.1, -0.05) is 17.4 Å². The summed E-state index contributed by atoms with van der Waals surface area (Å²) in [6.45, 7) is 4.15. The van der Waals surface area contributed by atoms with E-state index in [-0.39, 0.29) is 11.4 Å². The van der Waals surface area contributed by atoms with Gasteiger partial charge < -0.3 is 4.74 Å². The number of anilines is 1. The highest BCUT2D eigenvalue weighted by Gasteiger charge is 2.27. The van der Waals surface area contributed by atoms with Crippen LogP contribution in [0, 0.1) is 13.8 Å². The Hall–Kier alpha value is -3.30. The van der Waals surface area contributed by atoms with Crippen LogP contribution in [0.1, 0.15) is 16.8 Å². The summed E-state index contributed by atoms with van der Waals surface area (Å²) >= 11 is 1.36. The van der Waals surface area contributed by atoms with Gasteiger partial charge in [-0.3, -0.25) is 14.7 Å². The summed E-state index contributed by atoms with van der Waals surface area (Å²) in [4.78, 5) is 23.7. The van der Waals surface area contributed by atoms with Crippen molar-refractivity contribution in [1.29, 1.82) is 0 Å². The second-order valence-corrected chi connectivity index (χ2v) is 10.6. The van der Waals surface area contributed by atoms with Gasteiger partial charge in [0.15, 0.2) is 15.0 Å². The predicted molar refractivity (Wildman–Crippen MR) is 130 cm³/mol. The first-order valence-corrected chi connectivity index (χ1v) is 12.7. The number of nitrogens with zero attached hydrogens (tertiary/aromatic N) is 3. The number of sulfone groups is 1. The van der Waals surface area contributed by atoms with Gasteiger partial charge in [0.05, 0.1) is 34.5 Å². The zero-order valence-corrected chi connectivity index (χ0v) is 20.1. The maximum Gasteiger partial charge on any atom is 0.244 e. The van der Waals surface area contributed by atoms with Gasteiger partial charge in [0.25, 0.3) is 0 Å². The number of carbonyl (C=O) groups excluding carboxylic acids is 1. The van der Waals surface area contributed by atoms with Crippen LogP contribution in [0.25, 0.3) is 10.2 Å². The molecule has 1 amide bonds. The van der Waals surface area contributed by atoms with Crippen LogP contribution in [-0.2, 0) is 21.2 Å². The van der Waals surface area contributed by atoms with Crippen molar-refractivity contribution in [1.82, 2.24) is 9.97 Å². The first-order chi connectivity index (χ1) is 15.8. The second kappa shape index (κ2) is 9.29. The SMILES string of the molecule is COc1ccc(S(=O)(=O)CC(=O)N(Cc2ccccn2)c2nc3cc(C)c(C)cc3s2)cc1. The van der Waals surface area contributed by atoms with Crippen LogP contribution in [0.3, 0.4) is 0 Å². The predicted octanol–water partition coefficient (Wildman–Crippen LogP) is 4.32. The van der Waals surface area contributed by atoms with Gasteiger partial charge in [-0.25, -0.2) is 13.4 Å². The number of aromatic nitrogens is 2. The first kappa shape index (κ1) is 22.9. The second-order valence-electron chi connectivity index (χ2n) is 7.64. The van der Waals surface area contributed by atoms with E-state index in [1.807, 2.05) is 32.0 Å². The lowest BCUT2D eigenvalue weighted by molar-refractivity contribution is -0.116. The lowest BCUT2D eigenvalue weighted by Crippen LogP contribution is -2.35. The van der Waals surface area contributed by atoms with Crippen molar-refractivity contribution in [2.24, 2.45) is 0 Å². The van der Waals surface area contributed by atoms with Gasteiger partial charge in [0.2, 0.25) is 5.91 Å². The summed E-state index contributed by atoms with van der Waals surface area (Å²) in [5.41, 5.74) is 3.64. The number of ether oxygens (including phenoxy) is 1. The van der Waals surface area contributed by atoms with E-state index in [0.29, 0.717) is 16.6 Å². The molecule has 2 aromatic carbocycles. The zero-order chi connectivity index (χ0) is 23.6. The molecule has 0 fully saturated rings. The molecular weight excluding hydrogens is 458 g/mol. The molecule has 0 N–H and O–H groups in total. The number of hydrogen-bond acceptors (Lipinski definition) is 7. The average Bonchev–Trinajstić information content (AvgIpc) is 3.20. The highest BCUT2D eigenvalue weighted by atomic mass is 32.2. The highest BCUT2D eigenvalue weighted by Crippen LogP contribution is 2.32. The monoisotopic (exact) mass is 481 g/mol. The molecule has 4 aromatic rings. The average molecular weight is 482 g/mol. The largest absolute Gasteiger partial charge is 0.497 e. The van der Waals surface area contributed by atoms with Gasteiger partial charge in [-0.05, 0) is 73.5 Å². The number of aryl methyl sites for hydroxylation is 2. The van der Waals surface area contributed by atoms with Gasteiger partial charge >= 0.3 is 0 Å². The zero-order valence-electron chi connectivity index (χ0n) is 18.5. The maximum absolute atomic E-state index is 13.3. The van der Waals surface area contributed by atoms with E-state index in [1.165, 1.54) is 35.5 Å². The Labute approximate surface area is 196 Å². The van der Waals surface area contributed by atoms with Gasteiger partial charge in [-0.15, -0.1) is 0 Å². The molecule has 2 heterocycles. The molecule has 4 rings (SSSR count). The number of hydrogen-bond donors (Lipinski definition) is 0. The minimum absolute atomic E-state index is 0.0602. The Morgan fingerprint density at radius 3 is 2.45 bits per heavy atom. The van der Waals surface area contributed by atoms with Gasteiger partial charge in [0.1, 0.15) is 11.5 Å². The molecule has 0 spiro atoms. The number of fused-ring (bicyclic) bond motifs is 1. The Morgan fingerprint density at radius 2 is 1.79 bits per heavy atom. The Balaban J connectivity index is 1.69. The van der Waals surface area contributed by atoms with Crippen molar-refractivity contribution in [2.45, 2.75) is 25.3 Å². The van der Waals surface area contributed by atoms with Crippen LogP contribution in [0.5, 0.6) is 5.75 Å². The normalized spacial score (nSPS) is 11.5. The highest BCUT2D eigenvalue weighted by molar-refractivity contribution is 7.92. The number of rotatable bonds is 7. The molecule has 0 atom stereocenters. The van der Waals surface area contributed by atoms with Crippen LogP contribution >= 0.6 is 11.3 Å². The Kier molecular flexibility index (Phi) is 6.44. The topological polar surface area (TPSA) is 89.5 Å². The molecule has 33 heavy (non-hydrogen) atoms. The molecule has 7 nitrogen and oxygen atoms in total. The van der Waals surface area contributed by atoms with E-state index in [1.54, 1.807) is 30.5 Å². The lowest BCUT2D eigenvalue weighted by atomic mass is 10.1. The smallest absolute Gasteiger partial charge is 0.244 e. The third kappa shape index (κ3) is 5.04. The number of pyridine rings is 1. The van der Waals surface area contributed by atoms with Crippen molar-refractivity contribution >= 4 is 42.4 Å². The molecular formula is C24H23N3O4S2. The third-order valence-electron chi connectivity index (χ3n) is 5.30. The van der Waals surface area contributed by atoms with Crippen molar-refractivity contribution in [3.8, 4) is 5.75 Å². The number of carbonyl (C=O) groups is 1. The fraction of sp³-hybridized carbons (Fsp3) is 0.208. The molecule has 0 saturated heterocycles. The van der Waals surface area contributed by atoms with E-state index in [4.69, 9.17) is 4.74 Å². The Morgan fingerprint density at radius 1 is 1.06 bits per heavy atom. The fourth-order valence-corrected chi connectivity index (χ4v) is 5.57. The van der Waals surface area contributed by atoms with Crippen LogP contribution in [0.4, 0.5) is 5.13 Å². The van der Waals surface area contributed by atoms with Crippen LogP contribution in [-0.4, -0.2) is 37.2 Å². The summed E-state index contributed by atoms with van der Waals surface area (Å²) in [6, 6.07) is 15.4. The quantitative estimate of drug-likeness (QED) is 0.390. The van der Waals surface area contributed by atoms with E-state index in [0.717, 1.165) is 21.3 Å². The number of thiazole rings is 1. The summed E-state index contributed by atoms with van der Waals surface area (Å²) in [6.07, 6.45) is 1.64. The molecule has 9 heteroatoms. The molecule has 0 aliphatic rings. The lowest BCUT2D eigenvalue weighted by Gasteiger charge is -2.19. The van der Waals surface area contributed by atoms with Crippen LogP contribution in [0.2, 0.25) is 0 Å². The van der Waals surface area contributed by atoms with E-state index >= 15 is 0 Å². The van der Waals surface area contributed by atoms with Crippen LogP contribution in [0.15, 0.2) is 65.7 Å². The molecule has 0 saturated carbocycles. The van der Waals surface area contributed by atoms with Crippen molar-refractivity contribution in [3.63, 3.8) is 0 Å². The number of methoxy groups -OCH3 is 1. The number of benzene rings is 2. The molecule has 2 aromatic heterocycles. The summed E-state index contributed by atoms with van der Waals surface area (Å²) in [7, 11) is -2.36. The van der Waals surface area contributed by atoms with Gasteiger partial charge in [0, 0.05) is 6.20 Å². The first-order valence-electron chi connectivity index (χ1n) is 10.2. The van der Waals surface area contributed by atoms with Crippen molar-refractivity contribution in [2.75, 3.05) is 17.8 Å². The van der Waals surface area contributed by atoms with Crippen molar-refractivity contribution < 1.29 is 17.9 Å². The van der Waals surface area contributed by atoms with Crippen molar-refractivity contribution in [3.05, 3.63) is 77.6 Å². The van der Waals surface area contributed by atoms with E-state index in [9.17, 15) is 13.2 Å². The van der Waals surface area contributed by atoms with Gasteiger partial charge in [-0.2, -0.15) is 0 Å². The van der Waals surface area contributed by atoms with E-state index < -0.39 is 21.5 Å². The minimum atomic E-state index is -3.86. The summed E-state index contributed by atoms with van der Waals surface area (Å²) in [5.74, 6) is -0.707. The molecule has 170 valence electrons. The minimum Gasteiger partial charge on any atom is -0.497 e. The molecule has 0 aliphatic carbocycles. The third-order valence-corrected chi connectivity index (χ3v) is 7.96. The van der Waals surface area contributed by atoms with E-state index in [2.05, 4.69) is 9.97 Å². The number of amides is 1. The molecule has 0 bridgehead atoms. The molecule has 0 radical (unpaired) electrons. The fourth-order valence-electron chi connectivity index (χ4n) is 3.31. The summed E-state index contributed by atoms with van der Waals surface area (Å²) < 4.78 is 32.0. The van der Waals surface area contributed by atoms with Crippen LogP contribution < -0.4 is 9.64 Å². The standard InChI is InChI=1S/C24H23N3O4S2/c1-16-12-21-22(13-17(16)2)32-24(26-21)27(14-18-6-4-5-11-25-18)23(28)15-33(29,30)20-9-7-19(31-3)8-10-20/h4-13H,14-15H2,1-3H3. The maximum atomic E-state index is 13.3. The molecule has 0 unspecified atom stereocenters. The Bertz CT molecular complexity index is 1360. The molecule has 0 aliphatic heterocycles. The summed E-state index contributed by atoms with van der Waals surface area (Å²) in [5, 5.41) is 0.440.